The average Bonchev–Trinajstić information content (AvgIpc) is 2.72. The lowest BCUT2D eigenvalue weighted by molar-refractivity contribution is 0.255. The van der Waals surface area contributed by atoms with E-state index >= 15 is 0 Å². The minimum absolute atomic E-state index is 0.641. The maximum absolute atomic E-state index is 5.99. The molecule has 1 aromatic heterocycles. The summed E-state index contributed by atoms with van der Waals surface area (Å²) in [5, 5.41) is 2.06. The number of halogens is 1. The van der Waals surface area contributed by atoms with E-state index in [4.69, 9.17) is 16.6 Å². The van der Waals surface area contributed by atoms with E-state index in [1.165, 1.54) is 35.6 Å². The van der Waals surface area contributed by atoms with Crippen LogP contribution in [-0.4, -0.2) is 30.0 Å². The summed E-state index contributed by atoms with van der Waals surface area (Å²) < 4.78 is 1.25. The lowest BCUT2D eigenvalue weighted by Crippen LogP contribution is -2.29. The molecule has 4 heteroatoms. The zero-order chi connectivity index (χ0) is 11.8. The van der Waals surface area contributed by atoms with Crippen molar-refractivity contribution < 1.29 is 0 Å². The van der Waals surface area contributed by atoms with Crippen molar-refractivity contribution in [2.75, 3.05) is 20.1 Å². The van der Waals surface area contributed by atoms with Gasteiger partial charge in [-0.2, -0.15) is 0 Å². The van der Waals surface area contributed by atoms with Gasteiger partial charge in [0.25, 0.3) is 0 Å². The Morgan fingerprint density at radius 3 is 2.88 bits per heavy atom. The van der Waals surface area contributed by atoms with Gasteiger partial charge in [0.1, 0.15) is 0 Å². The van der Waals surface area contributed by atoms with Crippen LogP contribution in [0.25, 0.3) is 10.2 Å². The van der Waals surface area contributed by atoms with E-state index in [0.717, 1.165) is 10.5 Å². The monoisotopic (exact) mass is 266 g/mol. The first-order valence-corrected chi connectivity index (χ1v) is 7.16. The Morgan fingerprint density at radius 1 is 1.35 bits per heavy atom. The molecular weight excluding hydrogens is 252 g/mol. The molecule has 3 rings (SSSR count). The molecule has 0 radical (unpaired) electrons. The second-order valence-electron chi connectivity index (χ2n) is 4.74. The number of rotatable bonds is 1. The third-order valence-electron chi connectivity index (χ3n) is 3.43. The van der Waals surface area contributed by atoms with Gasteiger partial charge in [-0.25, -0.2) is 4.98 Å². The van der Waals surface area contributed by atoms with Gasteiger partial charge in [0, 0.05) is 10.9 Å². The van der Waals surface area contributed by atoms with E-state index < -0.39 is 0 Å². The molecule has 0 bridgehead atoms. The van der Waals surface area contributed by atoms with Crippen LogP contribution < -0.4 is 0 Å². The number of thiazole rings is 1. The highest BCUT2D eigenvalue weighted by Gasteiger charge is 2.21. The van der Waals surface area contributed by atoms with Gasteiger partial charge in [0.15, 0.2) is 0 Å². The van der Waals surface area contributed by atoms with Crippen molar-refractivity contribution in [3.8, 4) is 0 Å². The maximum atomic E-state index is 5.99. The Labute approximate surface area is 110 Å². The number of hydrogen-bond donors (Lipinski definition) is 0. The summed E-state index contributed by atoms with van der Waals surface area (Å²) in [5.74, 6) is 0.641. The first-order valence-electron chi connectivity index (χ1n) is 5.97. The number of piperidine rings is 1. The molecule has 1 aliphatic heterocycles. The Hall–Kier alpha value is -0.640. The van der Waals surface area contributed by atoms with Crippen LogP contribution in [0.2, 0.25) is 5.02 Å². The second-order valence-corrected chi connectivity index (χ2v) is 6.24. The fraction of sp³-hybridized carbons (Fsp3) is 0.462. The average molecular weight is 267 g/mol. The molecule has 90 valence electrons. The van der Waals surface area contributed by atoms with Gasteiger partial charge in [-0.3, -0.25) is 0 Å². The van der Waals surface area contributed by atoms with Crippen LogP contribution in [0.1, 0.15) is 23.8 Å². The van der Waals surface area contributed by atoms with Crippen LogP contribution in [0, 0.1) is 0 Å². The van der Waals surface area contributed by atoms with Crippen molar-refractivity contribution in [2.24, 2.45) is 0 Å². The van der Waals surface area contributed by atoms with Crippen LogP contribution in [0.15, 0.2) is 18.2 Å². The summed E-state index contributed by atoms with van der Waals surface area (Å²) in [6.07, 6.45) is 2.45. The third-order valence-corrected chi connectivity index (χ3v) is 4.87. The van der Waals surface area contributed by atoms with E-state index in [1.54, 1.807) is 0 Å². The Balaban J connectivity index is 1.90. The van der Waals surface area contributed by atoms with Gasteiger partial charge in [-0.1, -0.05) is 11.6 Å². The topological polar surface area (TPSA) is 16.1 Å². The van der Waals surface area contributed by atoms with Gasteiger partial charge in [-0.15, -0.1) is 11.3 Å². The molecule has 1 aromatic carbocycles. The lowest BCUT2D eigenvalue weighted by Gasteiger charge is -2.27. The smallest absolute Gasteiger partial charge is 0.0970 e. The molecular formula is C13H15ClN2S. The van der Waals surface area contributed by atoms with E-state index in [9.17, 15) is 0 Å². The number of likely N-dealkylation sites (tertiary alicyclic amines) is 1. The quantitative estimate of drug-likeness (QED) is 0.781. The van der Waals surface area contributed by atoms with Crippen molar-refractivity contribution in [1.29, 1.82) is 0 Å². The van der Waals surface area contributed by atoms with Gasteiger partial charge < -0.3 is 4.90 Å². The molecule has 2 heterocycles. The SMILES string of the molecule is CN1CCC(c2nc3cc(Cl)ccc3s2)CC1. The number of hydrogen-bond acceptors (Lipinski definition) is 3. The molecule has 17 heavy (non-hydrogen) atoms. The Kier molecular flexibility index (Phi) is 3.07. The highest BCUT2D eigenvalue weighted by Crippen LogP contribution is 2.34. The summed E-state index contributed by atoms with van der Waals surface area (Å²) in [7, 11) is 2.19. The summed E-state index contributed by atoms with van der Waals surface area (Å²) in [5.41, 5.74) is 1.05. The molecule has 0 aliphatic carbocycles. The molecule has 1 saturated heterocycles. The van der Waals surface area contributed by atoms with E-state index in [-0.39, 0.29) is 0 Å². The summed E-state index contributed by atoms with van der Waals surface area (Å²) in [6, 6.07) is 5.99. The van der Waals surface area contributed by atoms with Crippen molar-refractivity contribution in [3.63, 3.8) is 0 Å². The normalized spacial score (nSPS) is 18.9. The van der Waals surface area contributed by atoms with Gasteiger partial charge in [0.2, 0.25) is 0 Å². The first-order chi connectivity index (χ1) is 8.22. The third kappa shape index (κ3) is 2.32. The number of aromatic nitrogens is 1. The van der Waals surface area contributed by atoms with Gasteiger partial charge in [0.05, 0.1) is 15.2 Å². The largest absolute Gasteiger partial charge is 0.306 e. The fourth-order valence-corrected chi connectivity index (χ4v) is 3.63. The van der Waals surface area contributed by atoms with Crippen molar-refractivity contribution in [1.82, 2.24) is 9.88 Å². The minimum atomic E-state index is 0.641. The highest BCUT2D eigenvalue weighted by molar-refractivity contribution is 7.18. The first kappa shape index (κ1) is 11.5. The number of benzene rings is 1. The molecule has 1 fully saturated rings. The summed E-state index contributed by atoms with van der Waals surface area (Å²) >= 11 is 7.82. The molecule has 0 N–H and O–H groups in total. The van der Waals surface area contributed by atoms with Crippen LogP contribution >= 0.6 is 22.9 Å². The molecule has 0 atom stereocenters. The molecule has 0 saturated carbocycles. The van der Waals surface area contributed by atoms with Crippen LogP contribution in [-0.2, 0) is 0 Å². The summed E-state index contributed by atoms with van der Waals surface area (Å²) in [6.45, 7) is 2.36. The minimum Gasteiger partial charge on any atom is -0.306 e. The standard InChI is InChI=1S/C13H15ClN2S/c1-16-6-4-9(5-7-16)13-15-11-8-10(14)2-3-12(11)17-13/h2-3,8-9H,4-7H2,1H3. The Morgan fingerprint density at radius 2 is 2.12 bits per heavy atom. The lowest BCUT2D eigenvalue weighted by atomic mass is 9.98. The Bertz CT molecular complexity index is 529. The number of fused-ring (bicyclic) bond motifs is 1. The van der Waals surface area contributed by atoms with Crippen molar-refractivity contribution >= 4 is 33.2 Å². The molecule has 1 aliphatic rings. The maximum Gasteiger partial charge on any atom is 0.0970 e. The predicted molar refractivity (Wildman–Crippen MR) is 74.1 cm³/mol. The van der Waals surface area contributed by atoms with E-state index in [0.29, 0.717) is 5.92 Å². The van der Waals surface area contributed by atoms with Gasteiger partial charge in [-0.05, 0) is 51.2 Å². The van der Waals surface area contributed by atoms with Crippen LogP contribution in [0.4, 0.5) is 0 Å². The molecule has 0 amide bonds. The van der Waals surface area contributed by atoms with Crippen LogP contribution in [0.3, 0.4) is 0 Å². The molecule has 2 aromatic rings. The zero-order valence-electron chi connectivity index (χ0n) is 9.82. The highest BCUT2D eigenvalue weighted by atomic mass is 35.5. The number of nitrogens with zero attached hydrogens (tertiary/aromatic N) is 2. The molecule has 2 nitrogen and oxygen atoms in total. The van der Waals surface area contributed by atoms with Crippen molar-refractivity contribution in [2.45, 2.75) is 18.8 Å². The van der Waals surface area contributed by atoms with E-state index in [1.807, 2.05) is 23.5 Å². The zero-order valence-corrected chi connectivity index (χ0v) is 11.4. The summed E-state index contributed by atoms with van der Waals surface area (Å²) in [4.78, 5) is 7.13. The van der Waals surface area contributed by atoms with Crippen LogP contribution in [0.5, 0.6) is 0 Å². The van der Waals surface area contributed by atoms with Crippen molar-refractivity contribution in [3.05, 3.63) is 28.2 Å². The fourth-order valence-electron chi connectivity index (χ4n) is 2.35. The van der Waals surface area contributed by atoms with E-state index in [2.05, 4.69) is 18.0 Å². The van der Waals surface area contributed by atoms with Gasteiger partial charge >= 0.3 is 0 Å². The molecule has 0 unspecified atom stereocenters. The predicted octanol–water partition coefficient (Wildman–Crippen LogP) is 3.76. The second kappa shape index (κ2) is 4.56. The molecule has 0 spiro atoms.